The second kappa shape index (κ2) is 11.6. The monoisotopic (exact) mass is 428 g/mol. The van der Waals surface area contributed by atoms with Gasteiger partial charge in [-0.2, -0.15) is 0 Å². The van der Waals surface area contributed by atoms with Gasteiger partial charge in [-0.1, -0.05) is 12.1 Å². The molecule has 8 heteroatoms. The third kappa shape index (κ3) is 6.87. The summed E-state index contributed by atoms with van der Waals surface area (Å²) < 4.78 is 0. The molecule has 31 heavy (non-hydrogen) atoms. The van der Waals surface area contributed by atoms with Crippen LogP contribution in [0.1, 0.15) is 44.6 Å². The highest BCUT2D eigenvalue weighted by Crippen LogP contribution is 2.21. The van der Waals surface area contributed by atoms with E-state index in [-0.39, 0.29) is 11.9 Å². The van der Waals surface area contributed by atoms with Gasteiger partial charge >= 0.3 is 6.03 Å². The van der Waals surface area contributed by atoms with Crippen LogP contribution in [0.4, 0.5) is 10.5 Å². The molecule has 0 bridgehead atoms. The van der Waals surface area contributed by atoms with E-state index in [9.17, 15) is 9.59 Å². The first-order valence-electron chi connectivity index (χ1n) is 11.5. The molecule has 3 amide bonds. The summed E-state index contributed by atoms with van der Waals surface area (Å²) in [6.07, 6.45) is 4.76. The quantitative estimate of drug-likeness (QED) is 0.480. The van der Waals surface area contributed by atoms with Gasteiger partial charge in [-0.25, -0.2) is 9.79 Å². The molecular weight excluding hydrogens is 392 g/mol. The number of carbonyl (C=O) groups is 2. The van der Waals surface area contributed by atoms with Crippen molar-refractivity contribution in [3.63, 3.8) is 0 Å². The minimum Gasteiger partial charge on any atom is -0.359 e. The Morgan fingerprint density at radius 1 is 1.10 bits per heavy atom. The van der Waals surface area contributed by atoms with Crippen molar-refractivity contribution in [1.82, 2.24) is 20.4 Å². The van der Waals surface area contributed by atoms with Gasteiger partial charge < -0.3 is 25.8 Å². The maximum atomic E-state index is 12.3. The van der Waals surface area contributed by atoms with E-state index in [1.165, 1.54) is 0 Å². The number of urea groups is 1. The lowest BCUT2D eigenvalue weighted by Crippen LogP contribution is -2.46. The molecule has 2 fully saturated rings. The molecule has 2 heterocycles. The predicted molar refractivity (Wildman–Crippen MR) is 124 cm³/mol. The van der Waals surface area contributed by atoms with E-state index in [0.717, 1.165) is 75.6 Å². The molecule has 0 atom stereocenters. The smallest absolute Gasteiger partial charge is 0.321 e. The fourth-order valence-corrected chi connectivity index (χ4v) is 4.18. The average Bonchev–Trinajstić information content (AvgIpc) is 3.33. The fraction of sp³-hybridized carbons (Fsp3) is 0.609. The normalized spacial score (nSPS) is 17.5. The van der Waals surface area contributed by atoms with Gasteiger partial charge in [0.15, 0.2) is 5.96 Å². The number of guanidine groups is 1. The number of aliphatic imine (C=N–C) groups is 1. The molecule has 0 saturated carbocycles. The lowest BCUT2D eigenvalue weighted by molar-refractivity contribution is -0.121. The maximum absolute atomic E-state index is 12.3. The molecule has 170 valence electrons. The zero-order valence-corrected chi connectivity index (χ0v) is 18.8. The Bertz CT molecular complexity index is 767. The van der Waals surface area contributed by atoms with Crippen molar-refractivity contribution in [3.05, 3.63) is 29.8 Å². The van der Waals surface area contributed by atoms with E-state index in [0.29, 0.717) is 18.9 Å². The van der Waals surface area contributed by atoms with E-state index in [4.69, 9.17) is 4.99 Å². The Balaban J connectivity index is 1.56. The van der Waals surface area contributed by atoms with Crippen molar-refractivity contribution < 1.29 is 9.59 Å². The Kier molecular flexibility index (Phi) is 8.55. The first-order chi connectivity index (χ1) is 15.1. The molecule has 0 spiro atoms. The number of hydrogen-bond acceptors (Lipinski definition) is 3. The standard InChI is InChI=1S/C23H36N6O2/c1-3-25-22(28-13-9-18(10-14-28)16-21(30)24-2)26-17-19-7-6-8-20(15-19)27-23(31)29-11-4-5-12-29/h6-8,15,18H,3-5,9-14,16-17H2,1-2H3,(H,24,30)(H,25,26)(H,27,31). The number of hydrogen-bond donors (Lipinski definition) is 3. The molecule has 1 aromatic rings. The van der Waals surface area contributed by atoms with Gasteiger partial charge in [-0.3, -0.25) is 4.79 Å². The summed E-state index contributed by atoms with van der Waals surface area (Å²) in [7, 11) is 1.69. The average molecular weight is 429 g/mol. The molecule has 2 saturated heterocycles. The molecule has 2 aliphatic heterocycles. The predicted octanol–water partition coefficient (Wildman–Crippen LogP) is 2.63. The minimum absolute atomic E-state index is 0.0221. The van der Waals surface area contributed by atoms with Crippen molar-refractivity contribution in [3.8, 4) is 0 Å². The van der Waals surface area contributed by atoms with Crippen LogP contribution in [0, 0.1) is 5.92 Å². The summed E-state index contributed by atoms with van der Waals surface area (Å²) in [5.74, 6) is 1.47. The SMILES string of the molecule is CCNC(=NCc1cccc(NC(=O)N2CCCC2)c1)N1CCC(CC(=O)NC)CC1. The number of anilines is 1. The topological polar surface area (TPSA) is 89.1 Å². The highest BCUT2D eigenvalue weighted by atomic mass is 16.2. The summed E-state index contributed by atoms with van der Waals surface area (Å²) in [6, 6.07) is 7.89. The molecule has 0 aliphatic carbocycles. The number of carbonyl (C=O) groups excluding carboxylic acids is 2. The third-order valence-corrected chi connectivity index (χ3v) is 5.98. The summed E-state index contributed by atoms with van der Waals surface area (Å²) in [4.78, 5) is 33.0. The number of benzene rings is 1. The van der Waals surface area contributed by atoms with E-state index < -0.39 is 0 Å². The van der Waals surface area contributed by atoms with E-state index in [2.05, 4.69) is 27.8 Å². The number of nitrogens with zero attached hydrogens (tertiary/aromatic N) is 3. The van der Waals surface area contributed by atoms with E-state index in [1.807, 2.05) is 29.2 Å². The number of likely N-dealkylation sites (tertiary alicyclic amines) is 2. The van der Waals surface area contributed by atoms with Gasteiger partial charge in [0.25, 0.3) is 0 Å². The van der Waals surface area contributed by atoms with Crippen molar-refractivity contribution >= 4 is 23.6 Å². The molecule has 1 aromatic carbocycles. The fourth-order valence-electron chi connectivity index (χ4n) is 4.18. The summed E-state index contributed by atoms with van der Waals surface area (Å²) in [5, 5.41) is 9.12. The van der Waals surface area contributed by atoms with Crippen molar-refractivity contribution in [1.29, 1.82) is 0 Å². The lowest BCUT2D eigenvalue weighted by atomic mass is 9.93. The lowest BCUT2D eigenvalue weighted by Gasteiger charge is -2.34. The van der Waals surface area contributed by atoms with Crippen molar-refractivity contribution in [2.75, 3.05) is 45.1 Å². The number of amides is 3. The van der Waals surface area contributed by atoms with Gasteiger partial charge in [-0.05, 0) is 56.2 Å². The molecule has 0 aromatic heterocycles. The van der Waals surface area contributed by atoms with Crippen LogP contribution in [0.5, 0.6) is 0 Å². The number of rotatable bonds is 6. The zero-order valence-electron chi connectivity index (χ0n) is 18.8. The molecular formula is C23H36N6O2. The number of piperidine rings is 1. The summed E-state index contributed by atoms with van der Waals surface area (Å²) in [5.41, 5.74) is 1.87. The zero-order chi connectivity index (χ0) is 22.1. The van der Waals surface area contributed by atoms with E-state index >= 15 is 0 Å². The van der Waals surface area contributed by atoms with Gasteiger partial charge in [-0.15, -0.1) is 0 Å². The van der Waals surface area contributed by atoms with Crippen LogP contribution in [0.15, 0.2) is 29.3 Å². The highest BCUT2D eigenvalue weighted by Gasteiger charge is 2.23. The molecule has 2 aliphatic rings. The second-order valence-corrected chi connectivity index (χ2v) is 8.30. The van der Waals surface area contributed by atoms with Crippen LogP contribution in [0.25, 0.3) is 0 Å². The summed E-state index contributed by atoms with van der Waals surface area (Å²) in [6.45, 7) is 6.90. The van der Waals surface area contributed by atoms with Crippen LogP contribution in [-0.4, -0.2) is 67.5 Å². The van der Waals surface area contributed by atoms with Gasteiger partial charge in [0.1, 0.15) is 0 Å². The van der Waals surface area contributed by atoms with Gasteiger partial charge in [0.2, 0.25) is 5.91 Å². The van der Waals surface area contributed by atoms with Crippen LogP contribution < -0.4 is 16.0 Å². The van der Waals surface area contributed by atoms with Crippen LogP contribution >= 0.6 is 0 Å². The molecule has 8 nitrogen and oxygen atoms in total. The van der Waals surface area contributed by atoms with Crippen molar-refractivity contribution in [2.24, 2.45) is 10.9 Å². The van der Waals surface area contributed by atoms with Crippen LogP contribution in [0.3, 0.4) is 0 Å². The van der Waals surface area contributed by atoms with Crippen LogP contribution in [0.2, 0.25) is 0 Å². The van der Waals surface area contributed by atoms with Crippen molar-refractivity contribution in [2.45, 2.75) is 45.6 Å². The maximum Gasteiger partial charge on any atom is 0.321 e. The number of nitrogens with one attached hydrogen (secondary N) is 3. The molecule has 3 rings (SSSR count). The van der Waals surface area contributed by atoms with Crippen LogP contribution in [-0.2, 0) is 11.3 Å². The molecule has 3 N–H and O–H groups in total. The van der Waals surface area contributed by atoms with E-state index in [1.54, 1.807) is 7.05 Å². The second-order valence-electron chi connectivity index (χ2n) is 8.30. The third-order valence-electron chi connectivity index (χ3n) is 5.98. The largest absolute Gasteiger partial charge is 0.359 e. The van der Waals surface area contributed by atoms with Gasteiger partial charge in [0.05, 0.1) is 6.54 Å². The first kappa shape index (κ1) is 22.9. The first-order valence-corrected chi connectivity index (χ1v) is 11.5. The molecule has 0 radical (unpaired) electrons. The summed E-state index contributed by atoms with van der Waals surface area (Å²) >= 11 is 0. The minimum atomic E-state index is -0.0221. The Morgan fingerprint density at radius 2 is 1.84 bits per heavy atom. The highest BCUT2D eigenvalue weighted by molar-refractivity contribution is 5.89. The molecule has 0 unspecified atom stereocenters. The Hall–Kier alpha value is -2.77. The Labute approximate surface area is 185 Å². The Morgan fingerprint density at radius 3 is 2.52 bits per heavy atom. The van der Waals surface area contributed by atoms with Gasteiger partial charge in [0, 0.05) is 51.9 Å².